The van der Waals surface area contributed by atoms with Crippen LogP contribution in [0.1, 0.15) is 32.4 Å². The van der Waals surface area contributed by atoms with E-state index in [0.717, 1.165) is 4.99 Å². The third-order valence-corrected chi connectivity index (χ3v) is 3.38. The zero-order chi connectivity index (χ0) is 11.1. The van der Waals surface area contributed by atoms with Gasteiger partial charge in [-0.1, -0.05) is 63.3 Å². The van der Waals surface area contributed by atoms with Gasteiger partial charge in [-0.05, 0) is 11.0 Å². The molecule has 15 heavy (non-hydrogen) atoms. The molecule has 0 bridgehead atoms. The normalized spacial score (nSPS) is 25.7. The van der Waals surface area contributed by atoms with Crippen molar-refractivity contribution in [2.75, 3.05) is 0 Å². The second-order valence-electron chi connectivity index (χ2n) is 5.24. The van der Waals surface area contributed by atoms with Crippen molar-refractivity contribution in [3.8, 4) is 0 Å². The molecule has 2 unspecified atom stereocenters. The molecule has 1 aliphatic heterocycles. The Morgan fingerprint density at radius 3 is 2.20 bits per heavy atom. The van der Waals surface area contributed by atoms with Gasteiger partial charge in [-0.3, -0.25) is 0 Å². The molecule has 1 nitrogen and oxygen atoms in total. The van der Waals surface area contributed by atoms with Crippen molar-refractivity contribution >= 4 is 17.2 Å². The minimum absolute atomic E-state index is 0.239. The van der Waals surface area contributed by atoms with Gasteiger partial charge >= 0.3 is 0 Å². The lowest BCUT2D eigenvalue weighted by molar-refractivity contribution is 0.218. The van der Waals surface area contributed by atoms with E-state index in [-0.39, 0.29) is 5.41 Å². The molecule has 1 aromatic carbocycles. The summed E-state index contributed by atoms with van der Waals surface area (Å²) in [5, 5.41) is 3.35. The van der Waals surface area contributed by atoms with Crippen LogP contribution in [0, 0.1) is 11.3 Å². The summed E-state index contributed by atoms with van der Waals surface area (Å²) in [6.07, 6.45) is 0. The molecule has 1 heterocycles. The van der Waals surface area contributed by atoms with Gasteiger partial charge in [-0.2, -0.15) is 0 Å². The Balaban J connectivity index is 2.23. The van der Waals surface area contributed by atoms with E-state index in [1.165, 1.54) is 5.56 Å². The lowest BCUT2D eigenvalue weighted by Gasteiger charge is -2.47. The summed E-state index contributed by atoms with van der Waals surface area (Å²) in [5.74, 6) is 0.467. The number of hydrogen-bond acceptors (Lipinski definition) is 1. The smallest absolute Gasteiger partial charge is 0.0819 e. The first-order chi connectivity index (χ1) is 7.00. The van der Waals surface area contributed by atoms with Gasteiger partial charge in [0.15, 0.2) is 0 Å². The van der Waals surface area contributed by atoms with Crippen molar-refractivity contribution in [3.05, 3.63) is 35.9 Å². The molecule has 0 aliphatic carbocycles. The van der Waals surface area contributed by atoms with Gasteiger partial charge in [0.2, 0.25) is 0 Å². The van der Waals surface area contributed by atoms with Gasteiger partial charge in [0.1, 0.15) is 0 Å². The summed E-state index contributed by atoms with van der Waals surface area (Å²) in [6.45, 7) is 6.75. The lowest BCUT2D eigenvalue weighted by Crippen LogP contribution is -2.55. The molecule has 1 N–H and O–H groups in total. The van der Waals surface area contributed by atoms with Crippen LogP contribution in [0.3, 0.4) is 0 Å². The predicted molar refractivity (Wildman–Crippen MR) is 67.9 cm³/mol. The van der Waals surface area contributed by atoms with Crippen LogP contribution in [-0.2, 0) is 0 Å². The Kier molecular flexibility index (Phi) is 2.55. The Morgan fingerprint density at radius 1 is 1.13 bits per heavy atom. The minimum atomic E-state index is 0.239. The molecule has 80 valence electrons. The zero-order valence-corrected chi connectivity index (χ0v) is 10.3. The largest absolute Gasteiger partial charge is 0.372 e. The molecule has 2 rings (SSSR count). The third-order valence-electron chi connectivity index (χ3n) is 3.01. The highest BCUT2D eigenvalue weighted by atomic mass is 32.1. The molecule has 2 atom stereocenters. The summed E-state index contributed by atoms with van der Waals surface area (Å²) >= 11 is 5.32. The van der Waals surface area contributed by atoms with Crippen LogP contribution in [0.4, 0.5) is 0 Å². The van der Waals surface area contributed by atoms with E-state index < -0.39 is 0 Å². The quantitative estimate of drug-likeness (QED) is 0.727. The second-order valence-corrected chi connectivity index (χ2v) is 5.68. The summed E-state index contributed by atoms with van der Waals surface area (Å²) in [4.78, 5) is 1.01. The van der Waals surface area contributed by atoms with E-state index in [1.54, 1.807) is 0 Å². The average Bonchev–Trinajstić information content (AvgIpc) is 2.12. The molecule has 2 heteroatoms. The summed E-state index contributed by atoms with van der Waals surface area (Å²) in [5.41, 5.74) is 1.58. The maximum Gasteiger partial charge on any atom is 0.0819 e. The number of thiocarbonyl (C=S) groups is 1. The maximum atomic E-state index is 5.32. The SMILES string of the molecule is CC(C)(C)C1C(=S)NC1c1ccccc1. The molecule has 1 fully saturated rings. The van der Waals surface area contributed by atoms with E-state index in [2.05, 4.69) is 50.4 Å². The molecule has 0 saturated carbocycles. The van der Waals surface area contributed by atoms with Gasteiger partial charge in [-0.15, -0.1) is 0 Å². The summed E-state index contributed by atoms with van der Waals surface area (Å²) in [7, 11) is 0. The molecule has 0 spiro atoms. The van der Waals surface area contributed by atoms with Crippen molar-refractivity contribution in [3.63, 3.8) is 0 Å². The summed E-state index contributed by atoms with van der Waals surface area (Å²) < 4.78 is 0. The zero-order valence-electron chi connectivity index (χ0n) is 9.45. The van der Waals surface area contributed by atoms with E-state index in [9.17, 15) is 0 Å². The van der Waals surface area contributed by atoms with Crippen molar-refractivity contribution in [1.82, 2.24) is 5.32 Å². The molecule has 0 radical (unpaired) electrons. The average molecular weight is 219 g/mol. The molecular weight excluding hydrogens is 202 g/mol. The van der Waals surface area contributed by atoms with Crippen molar-refractivity contribution in [2.24, 2.45) is 11.3 Å². The number of rotatable bonds is 1. The fourth-order valence-electron chi connectivity index (χ4n) is 2.21. The molecular formula is C13H17NS. The monoisotopic (exact) mass is 219 g/mol. The van der Waals surface area contributed by atoms with Crippen LogP contribution in [0.25, 0.3) is 0 Å². The third kappa shape index (κ3) is 1.91. The van der Waals surface area contributed by atoms with Gasteiger partial charge in [0, 0.05) is 5.92 Å². The minimum Gasteiger partial charge on any atom is -0.372 e. The Hall–Kier alpha value is -0.890. The predicted octanol–water partition coefficient (Wildman–Crippen LogP) is 3.32. The number of nitrogens with one attached hydrogen (secondary N) is 1. The van der Waals surface area contributed by atoms with E-state index in [0.29, 0.717) is 12.0 Å². The van der Waals surface area contributed by atoms with E-state index >= 15 is 0 Å². The van der Waals surface area contributed by atoms with Crippen LogP contribution in [0.15, 0.2) is 30.3 Å². The summed E-state index contributed by atoms with van der Waals surface area (Å²) in [6, 6.07) is 10.9. The Labute approximate surface area is 96.9 Å². The first-order valence-corrected chi connectivity index (χ1v) is 5.76. The molecule has 1 saturated heterocycles. The van der Waals surface area contributed by atoms with Gasteiger partial charge in [0.05, 0.1) is 11.0 Å². The number of benzene rings is 1. The maximum absolute atomic E-state index is 5.32. The van der Waals surface area contributed by atoms with Gasteiger partial charge in [0.25, 0.3) is 0 Å². The fraction of sp³-hybridized carbons (Fsp3) is 0.462. The number of hydrogen-bond donors (Lipinski definition) is 1. The highest BCUT2D eigenvalue weighted by Gasteiger charge is 2.44. The van der Waals surface area contributed by atoms with Gasteiger partial charge in [-0.25, -0.2) is 0 Å². The van der Waals surface area contributed by atoms with Crippen LogP contribution < -0.4 is 5.32 Å². The van der Waals surface area contributed by atoms with Crippen molar-refractivity contribution in [2.45, 2.75) is 26.8 Å². The second kappa shape index (κ2) is 3.60. The lowest BCUT2D eigenvalue weighted by atomic mass is 9.69. The first-order valence-electron chi connectivity index (χ1n) is 5.35. The molecule has 0 amide bonds. The Morgan fingerprint density at radius 2 is 1.73 bits per heavy atom. The highest BCUT2D eigenvalue weighted by Crippen LogP contribution is 2.42. The van der Waals surface area contributed by atoms with E-state index in [1.807, 2.05) is 6.07 Å². The van der Waals surface area contributed by atoms with Crippen LogP contribution in [-0.4, -0.2) is 4.99 Å². The van der Waals surface area contributed by atoms with Crippen molar-refractivity contribution in [1.29, 1.82) is 0 Å². The molecule has 0 aromatic heterocycles. The van der Waals surface area contributed by atoms with Crippen LogP contribution in [0.5, 0.6) is 0 Å². The standard InChI is InChI=1S/C13H17NS/c1-13(2,3)10-11(14-12(10)15)9-7-5-4-6-8-9/h4-8,10-11H,1-3H3,(H,14,15). The molecule has 1 aliphatic rings. The highest BCUT2D eigenvalue weighted by molar-refractivity contribution is 7.80. The van der Waals surface area contributed by atoms with Crippen LogP contribution >= 0.6 is 12.2 Å². The van der Waals surface area contributed by atoms with Crippen LogP contribution in [0.2, 0.25) is 0 Å². The van der Waals surface area contributed by atoms with Crippen molar-refractivity contribution < 1.29 is 0 Å². The first kappa shape index (κ1) is 10.6. The molecule has 1 aromatic rings. The Bertz CT molecular complexity index is 364. The van der Waals surface area contributed by atoms with Gasteiger partial charge < -0.3 is 5.32 Å². The fourth-order valence-corrected chi connectivity index (χ4v) is 2.83. The topological polar surface area (TPSA) is 12.0 Å². The van der Waals surface area contributed by atoms with E-state index in [4.69, 9.17) is 12.2 Å².